The lowest BCUT2D eigenvalue weighted by molar-refractivity contribution is -0.141. The molecule has 0 aromatic heterocycles. The Balaban J connectivity index is 2.13. The normalized spacial score (nSPS) is 18.3. The van der Waals surface area contributed by atoms with Gasteiger partial charge in [0.1, 0.15) is 6.04 Å². The van der Waals surface area contributed by atoms with Crippen LogP contribution in [-0.4, -0.2) is 60.6 Å². The highest BCUT2D eigenvalue weighted by molar-refractivity contribution is 5.82. The van der Waals surface area contributed by atoms with Gasteiger partial charge in [-0.15, -0.1) is 0 Å². The van der Waals surface area contributed by atoms with Gasteiger partial charge in [-0.2, -0.15) is 0 Å². The molecule has 3 N–H and O–H groups in total. The maximum atomic E-state index is 10.9. The smallest absolute Gasteiger partial charge is 0.327 e. The van der Waals surface area contributed by atoms with Crippen LogP contribution < -0.4 is 10.6 Å². The fourth-order valence-electron chi connectivity index (χ4n) is 2.11. The van der Waals surface area contributed by atoms with E-state index in [1.807, 2.05) is 0 Å². The van der Waals surface area contributed by atoms with E-state index >= 15 is 0 Å². The van der Waals surface area contributed by atoms with Crippen molar-refractivity contribution in [3.8, 4) is 0 Å². The van der Waals surface area contributed by atoms with Gasteiger partial charge in [0.05, 0.1) is 0 Å². The van der Waals surface area contributed by atoms with Crippen molar-refractivity contribution in [3.63, 3.8) is 0 Å². The number of piperidine rings is 1. The highest BCUT2D eigenvalue weighted by Crippen LogP contribution is 2.07. The lowest BCUT2D eigenvalue weighted by Gasteiger charge is -2.26. The molecule has 1 aliphatic rings. The van der Waals surface area contributed by atoms with E-state index in [9.17, 15) is 9.59 Å². The summed E-state index contributed by atoms with van der Waals surface area (Å²) >= 11 is 0. The number of carbonyl (C=O) groups excluding carboxylic acids is 1. The monoisotopic (exact) mass is 257 g/mol. The van der Waals surface area contributed by atoms with Gasteiger partial charge >= 0.3 is 5.97 Å². The zero-order chi connectivity index (χ0) is 13.4. The van der Waals surface area contributed by atoms with Gasteiger partial charge in [0.2, 0.25) is 5.91 Å². The number of aliphatic carboxylic acids is 1. The molecule has 1 amide bonds. The first-order valence-electron chi connectivity index (χ1n) is 6.52. The molecule has 0 spiro atoms. The molecular weight excluding hydrogens is 234 g/mol. The van der Waals surface area contributed by atoms with E-state index in [4.69, 9.17) is 5.11 Å². The summed E-state index contributed by atoms with van der Waals surface area (Å²) < 4.78 is 0. The average Bonchev–Trinajstić information content (AvgIpc) is 2.33. The molecule has 6 heteroatoms. The van der Waals surface area contributed by atoms with Crippen LogP contribution in [0.15, 0.2) is 0 Å². The molecule has 1 atom stereocenters. The van der Waals surface area contributed by atoms with Crippen LogP contribution in [0, 0.1) is 0 Å². The molecule has 0 aromatic rings. The summed E-state index contributed by atoms with van der Waals surface area (Å²) in [6.45, 7) is 5.55. The summed E-state index contributed by atoms with van der Waals surface area (Å²) in [6, 6.07) is -0.844. The van der Waals surface area contributed by atoms with Gasteiger partial charge in [0, 0.05) is 26.6 Å². The third kappa shape index (κ3) is 5.97. The van der Waals surface area contributed by atoms with Crippen LogP contribution in [0.5, 0.6) is 0 Å². The molecule has 104 valence electrons. The minimum Gasteiger partial charge on any atom is -0.480 e. The van der Waals surface area contributed by atoms with Gasteiger partial charge in [0.25, 0.3) is 0 Å². The second-order valence-electron chi connectivity index (χ2n) is 4.70. The Morgan fingerprint density at radius 2 is 1.94 bits per heavy atom. The lowest BCUT2D eigenvalue weighted by Crippen LogP contribution is -2.47. The molecule has 1 heterocycles. The molecular formula is C12H23N3O3. The maximum absolute atomic E-state index is 10.9. The van der Waals surface area contributed by atoms with E-state index in [-0.39, 0.29) is 12.5 Å². The summed E-state index contributed by atoms with van der Waals surface area (Å²) in [5, 5.41) is 14.4. The van der Waals surface area contributed by atoms with Gasteiger partial charge in [-0.3, -0.25) is 4.79 Å². The predicted molar refractivity (Wildman–Crippen MR) is 68.4 cm³/mol. The number of hydrogen-bond donors (Lipinski definition) is 3. The van der Waals surface area contributed by atoms with Crippen molar-refractivity contribution >= 4 is 11.9 Å². The Morgan fingerprint density at radius 1 is 1.28 bits per heavy atom. The molecule has 1 saturated heterocycles. The average molecular weight is 257 g/mol. The third-order valence-corrected chi connectivity index (χ3v) is 3.08. The fraction of sp³-hybridized carbons (Fsp3) is 0.833. The third-order valence-electron chi connectivity index (χ3n) is 3.08. The Kier molecular flexibility index (Phi) is 6.67. The first kappa shape index (κ1) is 14.9. The summed E-state index contributed by atoms with van der Waals surface area (Å²) in [5.74, 6) is -1.32. The van der Waals surface area contributed by atoms with Crippen LogP contribution in [0.2, 0.25) is 0 Å². The number of carbonyl (C=O) groups is 2. The Morgan fingerprint density at radius 3 is 2.50 bits per heavy atom. The van der Waals surface area contributed by atoms with Crippen molar-refractivity contribution in [1.29, 1.82) is 0 Å². The van der Waals surface area contributed by atoms with Crippen LogP contribution in [-0.2, 0) is 9.59 Å². The van der Waals surface area contributed by atoms with Crippen LogP contribution in [0.1, 0.15) is 26.2 Å². The van der Waals surface area contributed by atoms with E-state index in [0.717, 1.165) is 26.2 Å². The topological polar surface area (TPSA) is 81.7 Å². The summed E-state index contributed by atoms with van der Waals surface area (Å²) in [5.41, 5.74) is 0. The molecule has 1 unspecified atom stereocenters. The molecule has 0 saturated carbocycles. The Bertz CT molecular complexity index is 278. The number of carboxylic acids is 1. The number of likely N-dealkylation sites (tertiary alicyclic amines) is 1. The standard InChI is InChI=1S/C12H23N3O3/c1-10(16)14-11(12(17)18)9-13-5-8-15-6-3-2-4-7-15/h11,13H,2-9H2,1H3,(H,14,16)(H,17,18). The van der Waals surface area contributed by atoms with Crippen LogP contribution in [0.4, 0.5) is 0 Å². The van der Waals surface area contributed by atoms with Gasteiger partial charge < -0.3 is 20.6 Å². The molecule has 0 aliphatic carbocycles. The molecule has 1 rings (SSSR count). The Hall–Kier alpha value is -1.14. The molecule has 6 nitrogen and oxygen atoms in total. The number of nitrogens with one attached hydrogen (secondary N) is 2. The van der Waals surface area contributed by atoms with E-state index in [1.165, 1.54) is 26.2 Å². The molecule has 1 fully saturated rings. The molecule has 0 aromatic carbocycles. The van der Waals surface area contributed by atoms with Gasteiger partial charge in [-0.05, 0) is 25.9 Å². The van der Waals surface area contributed by atoms with Crippen LogP contribution in [0.25, 0.3) is 0 Å². The van der Waals surface area contributed by atoms with Crippen LogP contribution in [0.3, 0.4) is 0 Å². The first-order valence-corrected chi connectivity index (χ1v) is 6.52. The number of rotatable bonds is 7. The summed E-state index contributed by atoms with van der Waals surface area (Å²) in [4.78, 5) is 24.1. The Labute approximate surface area is 108 Å². The van der Waals surface area contributed by atoms with Crippen molar-refractivity contribution in [2.24, 2.45) is 0 Å². The van der Waals surface area contributed by atoms with Gasteiger partial charge in [-0.25, -0.2) is 4.79 Å². The van der Waals surface area contributed by atoms with Crippen LogP contribution >= 0.6 is 0 Å². The van der Waals surface area contributed by atoms with E-state index in [0.29, 0.717) is 0 Å². The van der Waals surface area contributed by atoms with E-state index < -0.39 is 12.0 Å². The number of hydrogen-bond acceptors (Lipinski definition) is 4. The molecule has 0 bridgehead atoms. The van der Waals surface area contributed by atoms with Crippen molar-refractivity contribution in [2.75, 3.05) is 32.7 Å². The molecule has 18 heavy (non-hydrogen) atoms. The quantitative estimate of drug-likeness (QED) is 0.543. The minimum atomic E-state index is -1.00. The van der Waals surface area contributed by atoms with Crippen molar-refractivity contribution in [1.82, 2.24) is 15.5 Å². The summed E-state index contributed by atoms with van der Waals surface area (Å²) in [6.07, 6.45) is 3.82. The van der Waals surface area contributed by atoms with Gasteiger partial charge in [-0.1, -0.05) is 6.42 Å². The maximum Gasteiger partial charge on any atom is 0.327 e. The zero-order valence-electron chi connectivity index (χ0n) is 10.9. The predicted octanol–water partition coefficient (Wildman–Crippen LogP) is -0.349. The summed E-state index contributed by atoms with van der Waals surface area (Å²) in [7, 11) is 0. The van der Waals surface area contributed by atoms with Crippen molar-refractivity contribution in [3.05, 3.63) is 0 Å². The second-order valence-corrected chi connectivity index (χ2v) is 4.70. The number of amides is 1. The lowest BCUT2D eigenvalue weighted by atomic mass is 10.1. The second kappa shape index (κ2) is 8.05. The highest BCUT2D eigenvalue weighted by atomic mass is 16.4. The van der Waals surface area contributed by atoms with Crippen molar-refractivity contribution in [2.45, 2.75) is 32.2 Å². The van der Waals surface area contributed by atoms with Crippen molar-refractivity contribution < 1.29 is 14.7 Å². The highest BCUT2D eigenvalue weighted by Gasteiger charge is 2.17. The number of carboxylic acid groups (broad SMARTS) is 1. The fourth-order valence-corrected chi connectivity index (χ4v) is 2.11. The molecule has 1 aliphatic heterocycles. The first-order chi connectivity index (χ1) is 8.59. The van der Waals surface area contributed by atoms with E-state index in [1.54, 1.807) is 0 Å². The minimum absolute atomic E-state index is 0.267. The number of nitrogens with zero attached hydrogens (tertiary/aromatic N) is 1. The SMILES string of the molecule is CC(=O)NC(CNCCN1CCCCC1)C(=O)O. The van der Waals surface area contributed by atoms with Gasteiger partial charge in [0.15, 0.2) is 0 Å². The zero-order valence-corrected chi connectivity index (χ0v) is 10.9. The largest absolute Gasteiger partial charge is 0.480 e. The van der Waals surface area contributed by atoms with E-state index in [2.05, 4.69) is 15.5 Å². The molecule has 0 radical (unpaired) electrons.